The van der Waals surface area contributed by atoms with Crippen LogP contribution >= 0.6 is 0 Å². The summed E-state index contributed by atoms with van der Waals surface area (Å²) < 4.78 is 75.2. The number of alkyl halides is 3. The van der Waals surface area contributed by atoms with Gasteiger partial charge in [0.05, 0.1) is 16.7 Å². The molecule has 3 aromatic rings. The number of likely N-dealkylation sites (tertiary alicyclic amines) is 1. The van der Waals surface area contributed by atoms with Gasteiger partial charge in [0, 0.05) is 25.2 Å². The summed E-state index contributed by atoms with van der Waals surface area (Å²) in [6.45, 7) is 1.24. The number of nitrogens with one attached hydrogen (secondary N) is 1. The van der Waals surface area contributed by atoms with Gasteiger partial charge in [0.25, 0.3) is 0 Å². The number of hydrogen-bond acceptors (Lipinski definition) is 9. The molecule has 0 spiro atoms. The van der Waals surface area contributed by atoms with Crippen molar-refractivity contribution in [1.82, 2.24) is 30.0 Å². The van der Waals surface area contributed by atoms with E-state index < -0.39 is 28.4 Å². The van der Waals surface area contributed by atoms with Gasteiger partial charge in [-0.3, -0.25) is 0 Å². The Bertz CT molecular complexity index is 1290. The minimum atomic E-state index is -4.63. The van der Waals surface area contributed by atoms with Crippen LogP contribution in [0.2, 0.25) is 0 Å². The van der Waals surface area contributed by atoms with Crippen LogP contribution in [0.1, 0.15) is 19.8 Å². The molecule has 3 heterocycles. The highest BCUT2D eigenvalue weighted by atomic mass is 32.2. The van der Waals surface area contributed by atoms with E-state index >= 15 is 0 Å². The molecule has 1 fully saturated rings. The first kappa shape index (κ1) is 26.5. The Kier molecular flexibility index (Phi) is 7.73. The molecule has 0 saturated carbocycles. The second kappa shape index (κ2) is 10.8. The quantitative estimate of drug-likeness (QED) is 0.478. The standard InChI is InChI=1S/C22H23F3N6O5S/c1-14(22(23,24)25)36-21(32)31-9-6-15(7-10-31)12-26-37(33,34)18-4-2-16(3-5-18)19-27-29-20(30-28-19)17-8-11-35-13-17/h2-5,8,11,13-15,26H,6-7,9-10,12H2,1H3. The summed E-state index contributed by atoms with van der Waals surface area (Å²) in [6.07, 6.45) is -4.09. The molecule has 1 aliphatic heterocycles. The molecule has 15 heteroatoms. The maximum atomic E-state index is 12.7. The number of hydrogen-bond donors (Lipinski definition) is 1. The number of rotatable bonds is 7. The molecule has 1 N–H and O–H groups in total. The summed E-state index contributed by atoms with van der Waals surface area (Å²) in [6, 6.07) is 7.56. The number of ether oxygens (including phenoxy) is 1. The highest BCUT2D eigenvalue weighted by molar-refractivity contribution is 7.89. The zero-order valence-electron chi connectivity index (χ0n) is 19.6. The number of carbonyl (C=O) groups is 1. The van der Waals surface area contributed by atoms with Gasteiger partial charge in [-0.15, -0.1) is 20.4 Å². The van der Waals surface area contributed by atoms with Crippen LogP contribution in [-0.4, -0.2) is 71.7 Å². The lowest BCUT2D eigenvalue weighted by Gasteiger charge is -2.32. The van der Waals surface area contributed by atoms with Gasteiger partial charge in [-0.25, -0.2) is 17.9 Å². The Hall–Kier alpha value is -3.59. The van der Waals surface area contributed by atoms with Crippen LogP contribution in [-0.2, 0) is 14.8 Å². The van der Waals surface area contributed by atoms with Crippen molar-refractivity contribution in [1.29, 1.82) is 0 Å². The van der Waals surface area contributed by atoms with E-state index in [9.17, 15) is 26.4 Å². The molecular weight excluding hydrogens is 517 g/mol. The van der Waals surface area contributed by atoms with Crippen molar-refractivity contribution in [2.24, 2.45) is 5.92 Å². The van der Waals surface area contributed by atoms with Crippen molar-refractivity contribution in [3.8, 4) is 22.8 Å². The molecule has 0 bridgehead atoms. The van der Waals surface area contributed by atoms with Gasteiger partial charge in [0.1, 0.15) is 6.26 Å². The van der Waals surface area contributed by atoms with E-state index in [1.165, 1.54) is 41.7 Å². The number of benzene rings is 1. The highest BCUT2D eigenvalue weighted by Gasteiger charge is 2.40. The van der Waals surface area contributed by atoms with Crippen LogP contribution in [0.5, 0.6) is 0 Å². The maximum absolute atomic E-state index is 12.7. The highest BCUT2D eigenvalue weighted by Crippen LogP contribution is 2.25. The number of nitrogens with zero attached hydrogens (tertiary/aromatic N) is 5. The van der Waals surface area contributed by atoms with E-state index in [2.05, 4.69) is 29.9 Å². The molecule has 4 rings (SSSR count). The van der Waals surface area contributed by atoms with E-state index in [4.69, 9.17) is 4.42 Å². The molecule has 1 saturated heterocycles. The largest absolute Gasteiger partial charge is 0.472 e. The van der Waals surface area contributed by atoms with E-state index in [0.29, 0.717) is 29.8 Å². The Labute approximate surface area is 210 Å². The van der Waals surface area contributed by atoms with Crippen molar-refractivity contribution in [3.63, 3.8) is 0 Å². The van der Waals surface area contributed by atoms with Gasteiger partial charge in [0.15, 0.2) is 6.10 Å². The van der Waals surface area contributed by atoms with Crippen LogP contribution in [0.15, 0.2) is 52.2 Å². The van der Waals surface area contributed by atoms with Crippen molar-refractivity contribution in [2.75, 3.05) is 19.6 Å². The smallest absolute Gasteiger partial charge is 0.425 e. The molecule has 2 aromatic heterocycles. The molecule has 0 aliphatic carbocycles. The van der Waals surface area contributed by atoms with Gasteiger partial charge in [-0.05, 0) is 56.0 Å². The first-order chi connectivity index (χ1) is 17.5. The third kappa shape index (κ3) is 6.60. The lowest BCUT2D eigenvalue weighted by atomic mass is 9.97. The minimum absolute atomic E-state index is 0.0364. The lowest BCUT2D eigenvalue weighted by Crippen LogP contribution is -2.44. The molecule has 1 amide bonds. The van der Waals surface area contributed by atoms with Gasteiger partial charge >= 0.3 is 12.3 Å². The molecule has 1 aliphatic rings. The fourth-order valence-corrected chi connectivity index (χ4v) is 4.67. The second-order valence-corrected chi connectivity index (χ2v) is 10.2. The monoisotopic (exact) mass is 540 g/mol. The van der Waals surface area contributed by atoms with Crippen molar-refractivity contribution < 1.29 is 35.5 Å². The van der Waals surface area contributed by atoms with Crippen molar-refractivity contribution in [3.05, 3.63) is 42.9 Å². The van der Waals surface area contributed by atoms with Gasteiger partial charge in [-0.1, -0.05) is 0 Å². The number of piperidine rings is 1. The summed E-state index contributed by atoms with van der Waals surface area (Å²) in [4.78, 5) is 13.2. The normalized spacial score (nSPS) is 15.9. The molecule has 1 unspecified atom stereocenters. The first-order valence-corrected chi connectivity index (χ1v) is 12.7. The zero-order valence-corrected chi connectivity index (χ0v) is 20.4. The van der Waals surface area contributed by atoms with E-state index in [1.807, 2.05) is 0 Å². The fourth-order valence-electron chi connectivity index (χ4n) is 3.56. The number of carbonyl (C=O) groups excluding carboxylic acids is 1. The summed E-state index contributed by atoms with van der Waals surface area (Å²) >= 11 is 0. The molecule has 37 heavy (non-hydrogen) atoms. The minimum Gasteiger partial charge on any atom is -0.472 e. The maximum Gasteiger partial charge on any atom is 0.425 e. The van der Waals surface area contributed by atoms with E-state index in [0.717, 1.165) is 6.92 Å². The molecule has 1 atom stereocenters. The summed E-state index contributed by atoms with van der Waals surface area (Å²) in [5.41, 5.74) is 1.15. The van der Waals surface area contributed by atoms with Crippen LogP contribution in [0.25, 0.3) is 22.8 Å². The SMILES string of the molecule is CC(OC(=O)N1CCC(CNS(=O)(=O)c2ccc(-c3nnc(-c4ccoc4)nn3)cc2)CC1)C(F)(F)F. The predicted octanol–water partition coefficient (Wildman–Crippen LogP) is 3.27. The Morgan fingerprint density at radius 3 is 2.22 bits per heavy atom. The average molecular weight is 541 g/mol. The predicted molar refractivity (Wildman–Crippen MR) is 122 cm³/mol. The number of furan rings is 1. The zero-order chi connectivity index (χ0) is 26.6. The lowest BCUT2D eigenvalue weighted by molar-refractivity contribution is -0.199. The van der Waals surface area contributed by atoms with Crippen LogP contribution in [0.3, 0.4) is 0 Å². The van der Waals surface area contributed by atoms with Gasteiger partial charge in [0.2, 0.25) is 21.7 Å². The first-order valence-electron chi connectivity index (χ1n) is 11.3. The third-order valence-corrected chi connectivity index (χ3v) is 7.29. The number of halogens is 3. The van der Waals surface area contributed by atoms with Crippen molar-refractivity contribution >= 4 is 16.1 Å². The second-order valence-electron chi connectivity index (χ2n) is 8.43. The number of sulfonamides is 1. The summed E-state index contributed by atoms with van der Waals surface area (Å²) in [5.74, 6) is 0.427. The number of aromatic nitrogens is 4. The van der Waals surface area contributed by atoms with Crippen LogP contribution < -0.4 is 4.72 Å². The molecular formula is C22H23F3N6O5S. The summed E-state index contributed by atoms with van der Waals surface area (Å²) in [5, 5.41) is 16.0. The molecule has 11 nitrogen and oxygen atoms in total. The Morgan fingerprint density at radius 1 is 1.08 bits per heavy atom. The van der Waals surface area contributed by atoms with Gasteiger partial charge in [-0.2, -0.15) is 13.2 Å². The molecule has 0 radical (unpaired) electrons. The fraction of sp³-hybridized carbons (Fsp3) is 0.409. The summed E-state index contributed by atoms with van der Waals surface area (Å²) in [7, 11) is -3.82. The Morgan fingerprint density at radius 2 is 1.68 bits per heavy atom. The third-order valence-electron chi connectivity index (χ3n) is 5.85. The van der Waals surface area contributed by atoms with E-state index in [1.54, 1.807) is 6.07 Å². The van der Waals surface area contributed by atoms with Gasteiger partial charge < -0.3 is 14.1 Å². The van der Waals surface area contributed by atoms with Crippen LogP contribution in [0, 0.1) is 5.92 Å². The van der Waals surface area contributed by atoms with Crippen molar-refractivity contribution in [2.45, 2.75) is 36.9 Å². The molecule has 198 valence electrons. The molecule has 1 aromatic carbocycles. The van der Waals surface area contributed by atoms with E-state index in [-0.39, 0.29) is 36.3 Å². The average Bonchev–Trinajstić information content (AvgIpc) is 3.43. The topological polar surface area (TPSA) is 140 Å². The number of amides is 1. The Balaban J connectivity index is 1.28. The van der Waals surface area contributed by atoms with Crippen LogP contribution in [0.4, 0.5) is 18.0 Å².